The lowest BCUT2D eigenvalue weighted by atomic mass is 10.2. The van der Waals surface area contributed by atoms with Gasteiger partial charge in [0.15, 0.2) is 0 Å². The van der Waals surface area contributed by atoms with Crippen LogP contribution in [-0.2, 0) is 9.53 Å². The van der Waals surface area contributed by atoms with Gasteiger partial charge in [0.1, 0.15) is 0 Å². The van der Waals surface area contributed by atoms with Crippen LogP contribution in [-0.4, -0.2) is 25.2 Å². The van der Waals surface area contributed by atoms with Gasteiger partial charge in [0.05, 0.1) is 6.10 Å². The summed E-state index contributed by atoms with van der Waals surface area (Å²) in [7, 11) is 0. The van der Waals surface area contributed by atoms with Crippen LogP contribution in [0.25, 0.3) is 0 Å². The van der Waals surface area contributed by atoms with Crippen LogP contribution in [0.5, 0.6) is 0 Å². The zero-order chi connectivity index (χ0) is 11.7. The molecule has 0 aliphatic heterocycles. The molecule has 1 amide bonds. The van der Waals surface area contributed by atoms with Crippen LogP contribution in [0.4, 0.5) is 0 Å². The number of amides is 1. The van der Waals surface area contributed by atoms with E-state index in [9.17, 15) is 4.79 Å². The second-order valence-corrected chi connectivity index (χ2v) is 3.88. The summed E-state index contributed by atoms with van der Waals surface area (Å²) in [4.78, 5) is 11.2. The number of rotatable bonds is 8. The largest absolute Gasteiger partial charge is 0.377 e. The lowest BCUT2D eigenvalue weighted by molar-refractivity contribution is -0.118. The van der Waals surface area contributed by atoms with Crippen molar-refractivity contribution in [3.63, 3.8) is 0 Å². The molecule has 1 unspecified atom stereocenters. The molecule has 3 nitrogen and oxygen atoms in total. The standard InChI is InChI=1S/C12H23NO2/c1-5-6-7-8-15-11(4)9-13-12(14)10(2)3/h11H,2,5-9H2,1,3-4H3,(H,13,14). The summed E-state index contributed by atoms with van der Waals surface area (Å²) >= 11 is 0. The molecule has 88 valence electrons. The average molecular weight is 213 g/mol. The predicted octanol–water partition coefficient (Wildman–Crippen LogP) is 2.27. The van der Waals surface area contributed by atoms with Gasteiger partial charge >= 0.3 is 0 Å². The second kappa shape index (κ2) is 8.48. The highest BCUT2D eigenvalue weighted by molar-refractivity contribution is 5.92. The minimum Gasteiger partial charge on any atom is -0.377 e. The lowest BCUT2D eigenvalue weighted by Crippen LogP contribution is -2.32. The fraction of sp³-hybridized carbons (Fsp3) is 0.750. The van der Waals surface area contributed by atoms with Crippen LogP contribution in [0.1, 0.15) is 40.0 Å². The molecule has 0 heterocycles. The summed E-state index contributed by atoms with van der Waals surface area (Å²) in [5.74, 6) is -0.0981. The third-order valence-electron chi connectivity index (χ3n) is 2.09. The highest BCUT2D eigenvalue weighted by Crippen LogP contribution is 1.97. The fourth-order valence-corrected chi connectivity index (χ4v) is 1.08. The molecule has 0 aliphatic rings. The molecule has 0 fully saturated rings. The number of carbonyl (C=O) groups is 1. The van der Waals surface area contributed by atoms with Crippen molar-refractivity contribution in [2.75, 3.05) is 13.2 Å². The molecule has 1 atom stereocenters. The van der Waals surface area contributed by atoms with E-state index in [2.05, 4.69) is 18.8 Å². The molecular weight excluding hydrogens is 190 g/mol. The number of ether oxygens (including phenoxy) is 1. The molecule has 0 aromatic heterocycles. The van der Waals surface area contributed by atoms with Crippen molar-refractivity contribution >= 4 is 5.91 Å². The van der Waals surface area contributed by atoms with Crippen molar-refractivity contribution in [3.05, 3.63) is 12.2 Å². The molecule has 0 saturated heterocycles. The Hall–Kier alpha value is -0.830. The van der Waals surface area contributed by atoms with E-state index < -0.39 is 0 Å². The van der Waals surface area contributed by atoms with Crippen molar-refractivity contribution in [1.82, 2.24) is 5.32 Å². The van der Waals surface area contributed by atoms with Crippen LogP contribution in [0, 0.1) is 0 Å². The van der Waals surface area contributed by atoms with Gasteiger partial charge in [-0.15, -0.1) is 0 Å². The van der Waals surface area contributed by atoms with Crippen molar-refractivity contribution in [3.8, 4) is 0 Å². The van der Waals surface area contributed by atoms with Gasteiger partial charge in [-0.1, -0.05) is 26.3 Å². The maximum absolute atomic E-state index is 11.2. The summed E-state index contributed by atoms with van der Waals surface area (Å²) in [6.45, 7) is 10.7. The predicted molar refractivity (Wildman–Crippen MR) is 62.8 cm³/mol. The SMILES string of the molecule is C=C(C)C(=O)NCC(C)OCCCCC. The maximum atomic E-state index is 11.2. The Labute approximate surface area is 92.9 Å². The minimum absolute atomic E-state index is 0.0742. The first-order valence-electron chi connectivity index (χ1n) is 5.63. The van der Waals surface area contributed by atoms with E-state index >= 15 is 0 Å². The Bertz CT molecular complexity index is 202. The Morgan fingerprint density at radius 2 is 2.13 bits per heavy atom. The molecule has 3 heteroatoms. The van der Waals surface area contributed by atoms with E-state index in [4.69, 9.17) is 4.74 Å². The van der Waals surface area contributed by atoms with Crippen LogP contribution in [0.15, 0.2) is 12.2 Å². The van der Waals surface area contributed by atoms with Crippen molar-refractivity contribution in [2.24, 2.45) is 0 Å². The number of unbranched alkanes of at least 4 members (excludes halogenated alkanes) is 2. The number of hydrogen-bond acceptors (Lipinski definition) is 2. The smallest absolute Gasteiger partial charge is 0.246 e. The summed E-state index contributed by atoms with van der Waals surface area (Å²) in [6.07, 6.45) is 3.56. The van der Waals surface area contributed by atoms with Gasteiger partial charge in [0, 0.05) is 18.7 Å². The van der Waals surface area contributed by atoms with Crippen LogP contribution in [0.3, 0.4) is 0 Å². The molecular formula is C12H23NO2. The molecule has 0 bridgehead atoms. The lowest BCUT2D eigenvalue weighted by Gasteiger charge is -2.13. The van der Waals surface area contributed by atoms with Crippen LogP contribution in [0.2, 0.25) is 0 Å². The molecule has 0 aromatic carbocycles. The highest BCUT2D eigenvalue weighted by Gasteiger charge is 2.05. The number of carbonyl (C=O) groups excluding carboxylic acids is 1. The monoisotopic (exact) mass is 213 g/mol. The van der Waals surface area contributed by atoms with Gasteiger partial charge in [-0.2, -0.15) is 0 Å². The van der Waals surface area contributed by atoms with Crippen molar-refractivity contribution in [2.45, 2.75) is 46.1 Å². The van der Waals surface area contributed by atoms with Gasteiger partial charge in [-0.3, -0.25) is 4.79 Å². The first-order valence-corrected chi connectivity index (χ1v) is 5.63. The number of hydrogen-bond donors (Lipinski definition) is 1. The van der Waals surface area contributed by atoms with E-state index in [1.165, 1.54) is 12.8 Å². The second-order valence-electron chi connectivity index (χ2n) is 3.88. The van der Waals surface area contributed by atoms with Crippen molar-refractivity contribution < 1.29 is 9.53 Å². The summed E-state index contributed by atoms with van der Waals surface area (Å²) < 4.78 is 5.53. The quantitative estimate of drug-likeness (QED) is 0.496. The molecule has 1 N–H and O–H groups in total. The minimum atomic E-state index is -0.0981. The molecule has 15 heavy (non-hydrogen) atoms. The third kappa shape index (κ3) is 8.18. The maximum Gasteiger partial charge on any atom is 0.246 e. The molecule has 0 radical (unpaired) electrons. The fourth-order valence-electron chi connectivity index (χ4n) is 1.08. The van der Waals surface area contributed by atoms with Crippen LogP contribution >= 0.6 is 0 Å². The van der Waals surface area contributed by atoms with E-state index in [1.54, 1.807) is 6.92 Å². The average Bonchev–Trinajstić information content (AvgIpc) is 2.20. The highest BCUT2D eigenvalue weighted by atomic mass is 16.5. The summed E-state index contributed by atoms with van der Waals surface area (Å²) in [5, 5.41) is 2.76. The summed E-state index contributed by atoms with van der Waals surface area (Å²) in [6, 6.07) is 0. The Kier molecular flexibility index (Phi) is 8.01. The van der Waals surface area contributed by atoms with Gasteiger partial charge in [0.2, 0.25) is 5.91 Å². The zero-order valence-corrected chi connectivity index (χ0v) is 10.1. The topological polar surface area (TPSA) is 38.3 Å². The molecule has 0 saturated carbocycles. The molecule has 0 rings (SSSR count). The van der Waals surface area contributed by atoms with Gasteiger partial charge < -0.3 is 10.1 Å². The third-order valence-corrected chi connectivity index (χ3v) is 2.09. The van der Waals surface area contributed by atoms with E-state index in [1.807, 2.05) is 6.92 Å². The molecule has 0 aromatic rings. The van der Waals surface area contributed by atoms with E-state index in [0.717, 1.165) is 13.0 Å². The Morgan fingerprint density at radius 1 is 1.47 bits per heavy atom. The first-order chi connectivity index (χ1) is 7.07. The summed E-state index contributed by atoms with van der Waals surface area (Å²) in [5.41, 5.74) is 0.535. The zero-order valence-electron chi connectivity index (χ0n) is 10.1. The number of nitrogens with one attached hydrogen (secondary N) is 1. The molecule has 0 aliphatic carbocycles. The first kappa shape index (κ1) is 14.2. The Balaban J connectivity index is 3.44. The Morgan fingerprint density at radius 3 is 2.67 bits per heavy atom. The molecule has 0 spiro atoms. The normalized spacial score (nSPS) is 12.2. The van der Waals surface area contributed by atoms with Gasteiger partial charge in [-0.05, 0) is 20.3 Å². The van der Waals surface area contributed by atoms with Crippen LogP contribution < -0.4 is 5.32 Å². The van der Waals surface area contributed by atoms with Gasteiger partial charge in [0.25, 0.3) is 0 Å². The van der Waals surface area contributed by atoms with Gasteiger partial charge in [-0.25, -0.2) is 0 Å². The van der Waals surface area contributed by atoms with Crippen molar-refractivity contribution in [1.29, 1.82) is 0 Å². The van der Waals surface area contributed by atoms with E-state index in [0.29, 0.717) is 12.1 Å². The van der Waals surface area contributed by atoms with E-state index in [-0.39, 0.29) is 12.0 Å².